The Morgan fingerprint density at radius 2 is 2.29 bits per heavy atom. The Morgan fingerprint density at radius 1 is 1.64 bits per heavy atom. The first-order valence-corrected chi connectivity index (χ1v) is 4.39. The zero-order chi connectivity index (χ0) is 10.8. The number of nitrogens with one attached hydrogen (secondary N) is 1. The van der Waals surface area contributed by atoms with Gasteiger partial charge >= 0.3 is 12.1 Å². The Morgan fingerprint density at radius 3 is 2.71 bits per heavy atom. The van der Waals surface area contributed by atoms with Crippen LogP contribution in [0.25, 0.3) is 0 Å². The van der Waals surface area contributed by atoms with Crippen LogP contribution in [0, 0.1) is 0 Å². The van der Waals surface area contributed by atoms with Crippen LogP contribution in [0.15, 0.2) is 5.38 Å². The minimum Gasteiger partial charge on any atom is -0.340 e. The van der Waals surface area contributed by atoms with Crippen molar-refractivity contribution in [3.05, 3.63) is 11.1 Å². The van der Waals surface area contributed by atoms with Crippen molar-refractivity contribution in [3.63, 3.8) is 0 Å². The topological polar surface area (TPSA) is 54.9 Å². The second kappa shape index (κ2) is 3.91. The molecule has 1 heterocycles. The molecule has 1 rings (SSSR count). The summed E-state index contributed by atoms with van der Waals surface area (Å²) in [6.45, 7) is 1.40. The van der Waals surface area contributed by atoms with Gasteiger partial charge in [0, 0.05) is 5.38 Å². The molecule has 1 aromatic rings. The van der Waals surface area contributed by atoms with Gasteiger partial charge in [0.2, 0.25) is 0 Å². The van der Waals surface area contributed by atoms with Crippen LogP contribution in [0.5, 0.6) is 0 Å². The first-order valence-electron chi connectivity index (χ1n) is 3.56. The molecule has 78 valence electrons. The highest BCUT2D eigenvalue weighted by Gasteiger charge is 2.39. The van der Waals surface area contributed by atoms with E-state index in [1.807, 2.05) is 0 Å². The lowest BCUT2D eigenvalue weighted by Gasteiger charge is -2.12. The van der Waals surface area contributed by atoms with E-state index in [4.69, 9.17) is 0 Å². The van der Waals surface area contributed by atoms with E-state index in [2.05, 4.69) is 9.59 Å². The monoisotopic (exact) mass is 225 g/mol. The lowest BCUT2D eigenvalue weighted by atomic mass is 10.2. The average molecular weight is 225 g/mol. The second-order valence-electron chi connectivity index (χ2n) is 2.52. The van der Waals surface area contributed by atoms with Crippen molar-refractivity contribution in [2.45, 2.75) is 19.1 Å². The molecule has 4 nitrogen and oxygen atoms in total. The van der Waals surface area contributed by atoms with Crippen LogP contribution in [0.1, 0.15) is 18.7 Å². The molecule has 0 spiro atoms. The molecule has 0 bridgehead atoms. The van der Waals surface area contributed by atoms with E-state index in [0.717, 1.165) is 11.5 Å². The van der Waals surface area contributed by atoms with Gasteiger partial charge in [0.25, 0.3) is 0 Å². The highest BCUT2D eigenvalue weighted by Crippen LogP contribution is 2.17. The number of halogens is 3. The van der Waals surface area contributed by atoms with Crippen LogP contribution >= 0.6 is 11.5 Å². The van der Waals surface area contributed by atoms with Gasteiger partial charge < -0.3 is 5.32 Å². The fourth-order valence-electron chi connectivity index (χ4n) is 0.713. The maximum Gasteiger partial charge on any atom is 0.471 e. The summed E-state index contributed by atoms with van der Waals surface area (Å²) in [6.07, 6.45) is -4.86. The molecule has 8 heteroatoms. The molecular formula is C6H6F3N3OS. The highest BCUT2D eigenvalue weighted by atomic mass is 32.1. The van der Waals surface area contributed by atoms with Gasteiger partial charge in [-0.25, -0.2) is 0 Å². The molecule has 0 radical (unpaired) electrons. The number of hydrogen-bond acceptors (Lipinski definition) is 4. The summed E-state index contributed by atoms with van der Waals surface area (Å²) in [5.41, 5.74) is 0.313. The Bertz CT molecular complexity index is 311. The maximum absolute atomic E-state index is 11.8. The summed E-state index contributed by atoms with van der Waals surface area (Å²) in [5, 5.41) is 6.77. The normalized spacial score (nSPS) is 13.7. The molecule has 0 aliphatic heterocycles. The molecule has 0 saturated heterocycles. The van der Waals surface area contributed by atoms with Crippen LogP contribution in [0.4, 0.5) is 13.2 Å². The van der Waals surface area contributed by atoms with Crippen LogP contribution < -0.4 is 5.32 Å². The number of alkyl halides is 3. The van der Waals surface area contributed by atoms with Gasteiger partial charge in [-0.1, -0.05) is 4.49 Å². The third-order valence-electron chi connectivity index (χ3n) is 1.43. The van der Waals surface area contributed by atoms with E-state index < -0.39 is 18.1 Å². The quantitative estimate of drug-likeness (QED) is 0.824. The average Bonchev–Trinajstić information content (AvgIpc) is 2.53. The molecule has 0 aromatic carbocycles. The summed E-state index contributed by atoms with van der Waals surface area (Å²) in [7, 11) is 0. The van der Waals surface area contributed by atoms with Crippen molar-refractivity contribution in [2.75, 3.05) is 0 Å². The minimum atomic E-state index is -4.86. The number of carbonyl (C=O) groups is 1. The van der Waals surface area contributed by atoms with Gasteiger partial charge in [0.15, 0.2) is 0 Å². The van der Waals surface area contributed by atoms with E-state index in [-0.39, 0.29) is 0 Å². The summed E-state index contributed by atoms with van der Waals surface area (Å²) in [5.74, 6) is -1.97. The van der Waals surface area contributed by atoms with Gasteiger partial charge in [-0.15, -0.1) is 5.10 Å². The Labute approximate surface area is 81.3 Å². The predicted octanol–water partition coefficient (Wildman–Crippen LogP) is 1.28. The van der Waals surface area contributed by atoms with Crippen LogP contribution in [-0.2, 0) is 4.79 Å². The van der Waals surface area contributed by atoms with Crippen LogP contribution in [0.2, 0.25) is 0 Å². The maximum atomic E-state index is 11.8. The van der Waals surface area contributed by atoms with Crippen molar-refractivity contribution in [3.8, 4) is 0 Å². The SMILES string of the molecule is CC(NC(=O)C(F)(F)F)c1csnn1. The van der Waals surface area contributed by atoms with E-state index in [1.165, 1.54) is 12.3 Å². The van der Waals surface area contributed by atoms with Crippen LogP contribution in [-0.4, -0.2) is 21.7 Å². The molecule has 1 N–H and O–H groups in total. The van der Waals surface area contributed by atoms with Crippen molar-refractivity contribution < 1.29 is 18.0 Å². The van der Waals surface area contributed by atoms with Crippen molar-refractivity contribution in [1.82, 2.24) is 14.9 Å². The van der Waals surface area contributed by atoms with Gasteiger partial charge in [-0.3, -0.25) is 4.79 Å². The smallest absolute Gasteiger partial charge is 0.340 e. The highest BCUT2D eigenvalue weighted by molar-refractivity contribution is 7.03. The predicted molar refractivity (Wildman–Crippen MR) is 42.5 cm³/mol. The lowest BCUT2D eigenvalue weighted by Crippen LogP contribution is -2.38. The number of rotatable bonds is 2. The molecule has 1 unspecified atom stereocenters. The van der Waals surface area contributed by atoms with Crippen LogP contribution in [0.3, 0.4) is 0 Å². The largest absolute Gasteiger partial charge is 0.471 e. The Balaban J connectivity index is 2.58. The summed E-state index contributed by atoms with van der Waals surface area (Å²) in [6, 6.07) is -0.789. The van der Waals surface area contributed by atoms with Gasteiger partial charge in [-0.05, 0) is 18.5 Å². The van der Waals surface area contributed by atoms with E-state index in [0.29, 0.717) is 5.69 Å². The lowest BCUT2D eigenvalue weighted by molar-refractivity contribution is -0.174. The molecule has 14 heavy (non-hydrogen) atoms. The summed E-state index contributed by atoms with van der Waals surface area (Å²) >= 11 is 1.01. The fourth-order valence-corrected chi connectivity index (χ4v) is 1.26. The van der Waals surface area contributed by atoms with Crippen molar-refractivity contribution >= 4 is 17.4 Å². The van der Waals surface area contributed by atoms with E-state index >= 15 is 0 Å². The van der Waals surface area contributed by atoms with E-state index in [1.54, 1.807) is 5.32 Å². The van der Waals surface area contributed by atoms with Crippen molar-refractivity contribution in [2.24, 2.45) is 0 Å². The molecule has 0 fully saturated rings. The molecule has 0 saturated carbocycles. The number of nitrogens with zero attached hydrogens (tertiary/aromatic N) is 2. The summed E-state index contributed by atoms with van der Waals surface area (Å²) in [4.78, 5) is 10.5. The third kappa shape index (κ3) is 2.66. The van der Waals surface area contributed by atoms with Gasteiger partial charge in [0.1, 0.15) is 0 Å². The minimum absolute atomic E-state index is 0.313. The first kappa shape index (κ1) is 10.9. The summed E-state index contributed by atoms with van der Waals surface area (Å²) < 4.78 is 38.9. The second-order valence-corrected chi connectivity index (χ2v) is 3.13. The Kier molecular flexibility index (Phi) is 3.04. The Hall–Kier alpha value is -1.18. The molecular weight excluding hydrogens is 219 g/mol. The zero-order valence-corrected chi connectivity index (χ0v) is 7.82. The molecule has 1 atom stereocenters. The fraction of sp³-hybridized carbons (Fsp3) is 0.500. The molecule has 1 amide bonds. The molecule has 0 aliphatic carbocycles. The number of hydrogen-bond donors (Lipinski definition) is 1. The standard InChI is InChI=1S/C6H6F3N3OS/c1-3(4-2-14-12-11-4)10-5(13)6(7,8)9/h2-3H,1H3,(H,10,13). The number of amides is 1. The van der Waals surface area contributed by atoms with Gasteiger partial charge in [0.05, 0.1) is 11.7 Å². The number of carbonyl (C=O) groups excluding carboxylic acids is 1. The molecule has 0 aliphatic rings. The number of aromatic nitrogens is 2. The third-order valence-corrected chi connectivity index (χ3v) is 1.95. The van der Waals surface area contributed by atoms with Crippen molar-refractivity contribution in [1.29, 1.82) is 0 Å². The zero-order valence-electron chi connectivity index (χ0n) is 7.00. The van der Waals surface area contributed by atoms with E-state index in [9.17, 15) is 18.0 Å². The first-order chi connectivity index (χ1) is 6.41. The van der Waals surface area contributed by atoms with Gasteiger partial charge in [-0.2, -0.15) is 13.2 Å². The molecule has 1 aromatic heterocycles.